The highest BCUT2D eigenvalue weighted by atomic mass is 19.1. The third-order valence-corrected chi connectivity index (χ3v) is 6.48. The molecule has 2 aliphatic heterocycles. The van der Waals surface area contributed by atoms with E-state index in [0.717, 1.165) is 25.0 Å². The highest BCUT2D eigenvalue weighted by Crippen LogP contribution is 2.33. The van der Waals surface area contributed by atoms with Crippen LogP contribution in [0.2, 0.25) is 0 Å². The number of halogens is 1. The molecular weight excluding hydrogens is 491 g/mol. The normalized spacial score (nSPS) is 16.9. The molecule has 1 N–H and O–H groups in total. The number of rotatable bonds is 11. The molecule has 38 heavy (non-hydrogen) atoms. The van der Waals surface area contributed by atoms with Crippen molar-refractivity contribution in [3.8, 4) is 23.0 Å². The standard InChI is InChI=1S/C29H31FN2O6/c1-34-23-10-8-22(9-11-23)31-29(33)28(38-24-5-2-4-21(30)15-24)18-32(17-25-6-3-13-35-25)16-20-7-12-26-27(14-20)37-19-36-26/h2,4-5,7-12,14-15,25,28H,3,6,13,16-19H2,1H3,(H,31,33). The molecular formula is C29H31FN2O6. The second-order valence-electron chi connectivity index (χ2n) is 9.30. The van der Waals surface area contributed by atoms with Crippen LogP contribution in [0.4, 0.5) is 10.1 Å². The fourth-order valence-corrected chi connectivity index (χ4v) is 4.59. The van der Waals surface area contributed by atoms with Crippen molar-refractivity contribution in [2.75, 3.05) is 38.9 Å². The van der Waals surface area contributed by atoms with E-state index in [-0.39, 0.29) is 31.1 Å². The van der Waals surface area contributed by atoms with Crippen LogP contribution in [0.15, 0.2) is 66.7 Å². The molecule has 0 bridgehead atoms. The van der Waals surface area contributed by atoms with Crippen molar-refractivity contribution < 1.29 is 32.9 Å². The van der Waals surface area contributed by atoms with Gasteiger partial charge in [0, 0.05) is 38.0 Å². The fourth-order valence-electron chi connectivity index (χ4n) is 4.59. The number of methoxy groups -OCH3 is 1. The molecule has 2 unspecified atom stereocenters. The summed E-state index contributed by atoms with van der Waals surface area (Å²) in [5.74, 6) is 1.59. The molecule has 9 heteroatoms. The highest BCUT2D eigenvalue weighted by molar-refractivity contribution is 5.94. The summed E-state index contributed by atoms with van der Waals surface area (Å²) in [6.07, 6.45) is 1.09. The van der Waals surface area contributed by atoms with Crippen LogP contribution in [-0.4, -0.2) is 56.6 Å². The average Bonchev–Trinajstić information content (AvgIpc) is 3.60. The number of benzene rings is 3. The topological polar surface area (TPSA) is 78.5 Å². The summed E-state index contributed by atoms with van der Waals surface area (Å²) in [5.41, 5.74) is 1.61. The van der Waals surface area contributed by atoms with Crippen LogP contribution in [0.3, 0.4) is 0 Å². The van der Waals surface area contributed by atoms with Gasteiger partial charge in [0.2, 0.25) is 6.79 Å². The van der Waals surface area contributed by atoms with E-state index < -0.39 is 11.9 Å². The second kappa shape index (κ2) is 12.1. The maximum atomic E-state index is 13.9. The van der Waals surface area contributed by atoms with Crippen LogP contribution in [0.1, 0.15) is 18.4 Å². The lowest BCUT2D eigenvalue weighted by Crippen LogP contribution is -2.45. The Kier molecular flexibility index (Phi) is 8.25. The zero-order valence-corrected chi connectivity index (χ0v) is 21.2. The Morgan fingerprint density at radius 1 is 1.08 bits per heavy atom. The van der Waals surface area contributed by atoms with Gasteiger partial charge in [-0.25, -0.2) is 4.39 Å². The van der Waals surface area contributed by atoms with Gasteiger partial charge in [0.1, 0.15) is 17.3 Å². The summed E-state index contributed by atoms with van der Waals surface area (Å²) >= 11 is 0. The summed E-state index contributed by atoms with van der Waals surface area (Å²) in [7, 11) is 1.58. The largest absolute Gasteiger partial charge is 0.497 e. The van der Waals surface area contributed by atoms with E-state index in [2.05, 4.69) is 10.2 Å². The molecule has 3 aromatic rings. The van der Waals surface area contributed by atoms with E-state index in [4.69, 9.17) is 23.7 Å². The maximum absolute atomic E-state index is 13.9. The summed E-state index contributed by atoms with van der Waals surface area (Å²) in [6.45, 7) is 2.34. The Hall–Kier alpha value is -3.82. The quantitative estimate of drug-likeness (QED) is 0.393. The summed E-state index contributed by atoms with van der Waals surface area (Å²) in [4.78, 5) is 15.6. The molecule has 0 spiro atoms. The van der Waals surface area contributed by atoms with Crippen LogP contribution in [-0.2, 0) is 16.1 Å². The zero-order chi connectivity index (χ0) is 26.3. The average molecular weight is 523 g/mol. The zero-order valence-electron chi connectivity index (χ0n) is 21.2. The molecule has 2 heterocycles. The first-order valence-electron chi connectivity index (χ1n) is 12.7. The minimum Gasteiger partial charge on any atom is -0.497 e. The smallest absolute Gasteiger partial charge is 0.266 e. The highest BCUT2D eigenvalue weighted by Gasteiger charge is 2.28. The van der Waals surface area contributed by atoms with Crippen LogP contribution in [0, 0.1) is 5.82 Å². The van der Waals surface area contributed by atoms with E-state index in [0.29, 0.717) is 36.0 Å². The third kappa shape index (κ3) is 6.73. The number of anilines is 1. The molecule has 1 fully saturated rings. The minimum atomic E-state index is -0.922. The van der Waals surface area contributed by atoms with E-state index in [1.807, 2.05) is 18.2 Å². The summed E-state index contributed by atoms with van der Waals surface area (Å²) in [6, 6.07) is 18.7. The minimum absolute atomic E-state index is 0.0588. The monoisotopic (exact) mass is 522 g/mol. The lowest BCUT2D eigenvalue weighted by atomic mass is 10.1. The number of hydrogen-bond acceptors (Lipinski definition) is 7. The first kappa shape index (κ1) is 25.8. The van der Waals surface area contributed by atoms with E-state index in [1.54, 1.807) is 43.5 Å². The van der Waals surface area contributed by atoms with Gasteiger partial charge in [-0.15, -0.1) is 0 Å². The first-order chi connectivity index (χ1) is 18.6. The SMILES string of the molecule is COc1ccc(NC(=O)C(CN(Cc2ccc3c(c2)OCO3)CC2CCCO2)Oc2cccc(F)c2)cc1. The van der Waals surface area contributed by atoms with Crippen molar-refractivity contribution in [1.29, 1.82) is 0 Å². The summed E-state index contributed by atoms with van der Waals surface area (Å²) in [5, 5.41) is 2.92. The molecule has 2 aliphatic rings. The van der Waals surface area contributed by atoms with Crippen molar-refractivity contribution in [1.82, 2.24) is 4.90 Å². The van der Waals surface area contributed by atoms with Gasteiger partial charge in [0.15, 0.2) is 17.6 Å². The van der Waals surface area contributed by atoms with Gasteiger partial charge in [0.05, 0.1) is 13.2 Å². The fraction of sp³-hybridized carbons (Fsp3) is 0.345. The maximum Gasteiger partial charge on any atom is 0.266 e. The lowest BCUT2D eigenvalue weighted by Gasteiger charge is -2.29. The number of nitrogens with zero attached hydrogens (tertiary/aromatic N) is 1. The van der Waals surface area contributed by atoms with Gasteiger partial charge in [-0.05, 0) is 66.9 Å². The van der Waals surface area contributed by atoms with Crippen LogP contribution in [0.5, 0.6) is 23.0 Å². The Bertz CT molecular complexity index is 1230. The predicted octanol–water partition coefficient (Wildman–Crippen LogP) is 4.63. The number of nitrogens with one attached hydrogen (secondary N) is 1. The second-order valence-corrected chi connectivity index (χ2v) is 9.30. The van der Waals surface area contributed by atoms with Crippen LogP contribution in [0.25, 0.3) is 0 Å². The number of hydrogen-bond donors (Lipinski definition) is 1. The predicted molar refractivity (Wildman–Crippen MR) is 139 cm³/mol. The molecule has 0 radical (unpaired) electrons. The molecule has 5 rings (SSSR count). The van der Waals surface area contributed by atoms with Crippen molar-refractivity contribution in [3.63, 3.8) is 0 Å². The Balaban J connectivity index is 1.37. The van der Waals surface area contributed by atoms with Gasteiger partial charge < -0.3 is 29.0 Å². The van der Waals surface area contributed by atoms with Gasteiger partial charge in [-0.3, -0.25) is 9.69 Å². The van der Waals surface area contributed by atoms with Crippen molar-refractivity contribution in [2.24, 2.45) is 0 Å². The Labute approximate surface area is 221 Å². The molecule has 200 valence electrons. The molecule has 1 saturated heterocycles. The van der Waals surface area contributed by atoms with Gasteiger partial charge in [0.25, 0.3) is 5.91 Å². The van der Waals surface area contributed by atoms with Gasteiger partial charge in [-0.2, -0.15) is 0 Å². The van der Waals surface area contributed by atoms with E-state index in [1.165, 1.54) is 12.1 Å². The third-order valence-electron chi connectivity index (χ3n) is 6.48. The number of carbonyl (C=O) groups excluding carboxylic acids is 1. The number of carbonyl (C=O) groups is 1. The van der Waals surface area contributed by atoms with Crippen LogP contribution >= 0.6 is 0 Å². The van der Waals surface area contributed by atoms with Gasteiger partial charge >= 0.3 is 0 Å². The van der Waals surface area contributed by atoms with Gasteiger partial charge in [-0.1, -0.05) is 12.1 Å². The number of fused-ring (bicyclic) bond motifs is 1. The molecule has 8 nitrogen and oxygen atoms in total. The summed E-state index contributed by atoms with van der Waals surface area (Å²) < 4.78 is 42.1. The van der Waals surface area contributed by atoms with Crippen molar-refractivity contribution in [3.05, 3.63) is 78.1 Å². The van der Waals surface area contributed by atoms with Crippen LogP contribution < -0.4 is 24.3 Å². The Morgan fingerprint density at radius 3 is 2.68 bits per heavy atom. The van der Waals surface area contributed by atoms with Crippen molar-refractivity contribution in [2.45, 2.75) is 31.6 Å². The number of ether oxygens (including phenoxy) is 5. The molecule has 1 amide bonds. The molecule has 0 saturated carbocycles. The molecule has 2 atom stereocenters. The molecule has 3 aromatic carbocycles. The number of amides is 1. The Morgan fingerprint density at radius 2 is 1.92 bits per heavy atom. The van der Waals surface area contributed by atoms with Crippen molar-refractivity contribution >= 4 is 11.6 Å². The first-order valence-corrected chi connectivity index (χ1v) is 12.7. The molecule has 0 aromatic heterocycles. The van der Waals surface area contributed by atoms with E-state index >= 15 is 0 Å². The lowest BCUT2D eigenvalue weighted by molar-refractivity contribution is -0.123. The molecule has 0 aliphatic carbocycles. The van der Waals surface area contributed by atoms with E-state index in [9.17, 15) is 9.18 Å².